The third-order valence-corrected chi connectivity index (χ3v) is 2.82. The number of benzene rings is 1. The summed E-state index contributed by atoms with van der Waals surface area (Å²) in [4.78, 5) is 11.8. The molecule has 76 valence electrons. The minimum absolute atomic E-state index is 0.124. The standard InChI is InChI=1S/C10H8IN3O/c11-9-4-2-1-3-8(9)10(15)14-7-5-12-13-6-7/h1-6H,(H,12,13)(H,14,15). The fraction of sp³-hybridized carbons (Fsp3) is 0. The number of halogens is 1. The summed E-state index contributed by atoms with van der Waals surface area (Å²) in [6.45, 7) is 0. The number of rotatable bonds is 2. The van der Waals surface area contributed by atoms with E-state index in [-0.39, 0.29) is 5.91 Å². The number of carbonyl (C=O) groups excluding carboxylic acids is 1. The fourth-order valence-corrected chi connectivity index (χ4v) is 1.80. The summed E-state index contributed by atoms with van der Waals surface area (Å²) in [7, 11) is 0. The van der Waals surface area contributed by atoms with Gasteiger partial charge >= 0.3 is 0 Å². The number of anilines is 1. The minimum atomic E-state index is -0.124. The second kappa shape index (κ2) is 4.43. The Labute approximate surface area is 100 Å². The van der Waals surface area contributed by atoms with Gasteiger partial charge in [-0.05, 0) is 34.7 Å². The Morgan fingerprint density at radius 2 is 2.20 bits per heavy atom. The van der Waals surface area contributed by atoms with Crippen LogP contribution in [0.5, 0.6) is 0 Å². The third kappa shape index (κ3) is 2.35. The van der Waals surface area contributed by atoms with Gasteiger partial charge in [0, 0.05) is 9.77 Å². The van der Waals surface area contributed by atoms with Gasteiger partial charge in [-0.25, -0.2) is 0 Å². The molecule has 2 rings (SSSR count). The first-order valence-electron chi connectivity index (χ1n) is 4.32. The summed E-state index contributed by atoms with van der Waals surface area (Å²) in [6, 6.07) is 7.42. The molecule has 5 heteroatoms. The van der Waals surface area contributed by atoms with Gasteiger partial charge in [-0.2, -0.15) is 5.10 Å². The maximum absolute atomic E-state index is 11.8. The first-order valence-corrected chi connectivity index (χ1v) is 5.40. The first-order chi connectivity index (χ1) is 7.27. The van der Waals surface area contributed by atoms with Gasteiger partial charge in [-0.3, -0.25) is 9.89 Å². The molecule has 0 fully saturated rings. The fourth-order valence-electron chi connectivity index (χ4n) is 1.16. The highest BCUT2D eigenvalue weighted by Crippen LogP contribution is 2.13. The van der Waals surface area contributed by atoms with Crippen molar-refractivity contribution in [3.05, 3.63) is 45.8 Å². The molecule has 0 aliphatic heterocycles. The molecule has 1 aromatic carbocycles. The van der Waals surface area contributed by atoms with E-state index in [4.69, 9.17) is 0 Å². The number of amides is 1. The van der Waals surface area contributed by atoms with E-state index in [0.29, 0.717) is 11.3 Å². The lowest BCUT2D eigenvalue weighted by Crippen LogP contribution is -2.12. The second-order valence-electron chi connectivity index (χ2n) is 2.92. The zero-order chi connectivity index (χ0) is 10.7. The minimum Gasteiger partial charge on any atom is -0.319 e. The van der Waals surface area contributed by atoms with E-state index in [9.17, 15) is 4.79 Å². The zero-order valence-corrected chi connectivity index (χ0v) is 9.86. The number of hydrogen-bond acceptors (Lipinski definition) is 2. The van der Waals surface area contributed by atoms with Gasteiger partial charge in [-0.15, -0.1) is 0 Å². The number of nitrogens with zero attached hydrogens (tertiary/aromatic N) is 1. The summed E-state index contributed by atoms with van der Waals surface area (Å²) < 4.78 is 0.927. The molecule has 1 amide bonds. The van der Waals surface area contributed by atoms with Crippen LogP contribution >= 0.6 is 22.6 Å². The molecule has 0 aliphatic rings. The van der Waals surface area contributed by atoms with Gasteiger partial charge in [0.1, 0.15) is 0 Å². The van der Waals surface area contributed by atoms with Crippen LogP contribution in [0.15, 0.2) is 36.7 Å². The van der Waals surface area contributed by atoms with Gasteiger partial charge in [0.15, 0.2) is 0 Å². The van der Waals surface area contributed by atoms with Crippen LogP contribution in [0.3, 0.4) is 0 Å². The summed E-state index contributed by atoms with van der Waals surface area (Å²) in [5.74, 6) is -0.124. The molecule has 0 saturated heterocycles. The molecule has 1 aromatic heterocycles. The van der Waals surface area contributed by atoms with E-state index in [0.717, 1.165) is 3.57 Å². The van der Waals surface area contributed by atoms with Crippen LogP contribution in [0.25, 0.3) is 0 Å². The molecule has 0 radical (unpaired) electrons. The van der Waals surface area contributed by atoms with E-state index >= 15 is 0 Å². The van der Waals surface area contributed by atoms with E-state index in [1.165, 1.54) is 0 Å². The van der Waals surface area contributed by atoms with Crippen molar-refractivity contribution in [2.24, 2.45) is 0 Å². The molecule has 0 atom stereocenters. The molecule has 0 aliphatic carbocycles. The lowest BCUT2D eigenvalue weighted by Gasteiger charge is -2.03. The van der Waals surface area contributed by atoms with E-state index in [1.807, 2.05) is 18.2 Å². The quantitative estimate of drug-likeness (QED) is 0.836. The highest BCUT2D eigenvalue weighted by atomic mass is 127. The highest BCUT2D eigenvalue weighted by molar-refractivity contribution is 14.1. The largest absolute Gasteiger partial charge is 0.319 e. The molecule has 4 nitrogen and oxygen atoms in total. The highest BCUT2D eigenvalue weighted by Gasteiger charge is 2.09. The molecule has 0 bridgehead atoms. The monoisotopic (exact) mass is 313 g/mol. The van der Waals surface area contributed by atoms with Crippen molar-refractivity contribution in [3.8, 4) is 0 Å². The van der Waals surface area contributed by atoms with Crippen molar-refractivity contribution in [3.63, 3.8) is 0 Å². The Balaban J connectivity index is 2.19. The van der Waals surface area contributed by atoms with Crippen LogP contribution in [0.2, 0.25) is 0 Å². The Hall–Kier alpha value is -1.37. The molecule has 2 N–H and O–H groups in total. The lowest BCUT2D eigenvalue weighted by molar-refractivity contribution is 0.102. The van der Waals surface area contributed by atoms with Gasteiger partial charge < -0.3 is 5.32 Å². The van der Waals surface area contributed by atoms with Crippen LogP contribution in [0.1, 0.15) is 10.4 Å². The average molecular weight is 313 g/mol. The average Bonchev–Trinajstić information content (AvgIpc) is 2.71. The summed E-state index contributed by atoms with van der Waals surface area (Å²) in [5.41, 5.74) is 1.33. The number of nitrogens with one attached hydrogen (secondary N) is 2. The normalized spacial score (nSPS) is 9.93. The van der Waals surface area contributed by atoms with Crippen molar-refractivity contribution < 1.29 is 4.79 Å². The number of H-pyrrole nitrogens is 1. The topological polar surface area (TPSA) is 57.8 Å². The summed E-state index contributed by atoms with van der Waals surface area (Å²) >= 11 is 2.13. The zero-order valence-electron chi connectivity index (χ0n) is 7.70. The number of aromatic amines is 1. The van der Waals surface area contributed by atoms with Gasteiger partial charge in [-0.1, -0.05) is 12.1 Å². The Kier molecular flexibility index (Phi) is 3.00. The first kappa shape index (κ1) is 10.2. The lowest BCUT2D eigenvalue weighted by atomic mass is 10.2. The Morgan fingerprint density at radius 3 is 2.87 bits per heavy atom. The molecule has 0 unspecified atom stereocenters. The van der Waals surface area contributed by atoms with Crippen molar-refractivity contribution in [1.82, 2.24) is 10.2 Å². The number of hydrogen-bond donors (Lipinski definition) is 2. The molecule has 2 aromatic rings. The maximum Gasteiger partial charge on any atom is 0.256 e. The van der Waals surface area contributed by atoms with Crippen LogP contribution < -0.4 is 5.32 Å². The predicted octanol–water partition coefficient (Wildman–Crippen LogP) is 2.27. The Morgan fingerprint density at radius 1 is 1.40 bits per heavy atom. The maximum atomic E-state index is 11.8. The van der Waals surface area contributed by atoms with Crippen LogP contribution in [0, 0.1) is 3.57 Å². The Bertz CT molecular complexity index is 467. The number of aromatic nitrogens is 2. The molecule has 15 heavy (non-hydrogen) atoms. The van der Waals surface area contributed by atoms with Crippen molar-refractivity contribution in [2.45, 2.75) is 0 Å². The van der Waals surface area contributed by atoms with Crippen LogP contribution in [-0.4, -0.2) is 16.1 Å². The smallest absolute Gasteiger partial charge is 0.256 e. The predicted molar refractivity (Wildman–Crippen MR) is 65.7 cm³/mol. The van der Waals surface area contributed by atoms with Crippen molar-refractivity contribution >= 4 is 34.2 Å². The van der Waals surface area contributed by atoms with Gasteiger partial charge in [0.05, 0.1) is 17.4 Å². The van der Waals surface area contributed by atoms with Crippen LogP contribution in [0.4, 0.5) is 5.69 Å². The summed E-state index contributed by atoms with van der Waals surface area (Å²) in [5, 5.41) is 9.13. The third-order valence-electron chi connectivity index (χ3n) is 1.87. The van der Waals surface area contributed by atoms with E-state index in [2.05, 4.69) is 38.1 Å². The SMILES string of the molecule is O=C(Nc1cn[nH]c1)c1ccccc1I. The van der Waals surface area contributed by atoms with Crippen molar-refractivity contribution in [1.29, 1.82) is 0 Å². The molecule has 0 spiro atoms. The number of carbonyl (C=O) groups is 1. The summed E-state index contributed by atoms with van der Waals surface area (Å²) in [6.07, 6.45) is 3.20. The van der Waals surface area contributed by atoms with E-state index < -0.39 is 0 Å². The molecular formula is C10H8IN3O. The van der Waals surface area contributed by atoms with Crippen molar-refractivity contribution in [2.75, 3.05) is 5.32 Å². The van der Waals surface area contributed by atoms with Crippen LogP contribution in [-0.2, 0) is 0 Å². The van der Waals surface area contributed by atoms with Gasteiger partial charge in [0.2, 0.25) is 0 Å². The molecular weight excluding hydrogens is 305 g/mol. The van der Waals surface area contributed by atoms with E-state index in [1.54, 1.807) is 18.5 Å². The van der Waals surface area contributed by atoms with Gasteiger partial charge in [0.25, 0.3) is 5.91 Å². The molecule has 0 saturated carbocycles. The second-order valence-corrected chi connectivity index (χ2v) is 4.08. The molecule has 1 heterocycles.